The van der Waals surface area contributed by atoms with Crippen molar-refractivity contribution in [3.8, 4) is 0 Å². The van der Waals surface area contributed by atoms with Crippen molar-refractivity contribution in [1.29, 1.82) is 0 Å². The molecule has 1 unspecified atom stereocenters. The van der Waals surface area contributed by atoms with Crippen LogP contribution in [0.4, 0.5) is 0 Å². The molecular weight excluding hydrogens is 194 g/mol. The van der Waals surface area contributed by atoms with E-state index in [2.05, 4.69) is 39.7 Å². The maximum Gasteiger partial charge on any atom is 0.0113 e. The van der Waals surface area contributed by atoms with Crippen LogP contribution in [0, 0.1) is 5.41 Å². The molecule has 0 aromatic heterocycles. The normalized spacial score (nSPS) is 13.8. The number of hydrogen-bond donors (Lipinski definition) is 1. The molecule has 0 aromatic carbocycles. The molecule has 0 fully saturated rings. The van der Waals surface area contributed by atoms with Gasteiger partial charge < -0.3 is 5.32 Å². The van der Waals surface area contributed by atoms with Gasteiger partial charge in [0.2, 0.25) is 0 Å². The predicted molar refractivity (Wildman–Crippen MR) is 74.8 cm³/mol. The molecule has 0 aliphatic heterocycles. The molecule has 0 aliphatic carbocycles. The average molecular weight is 225 g/mol. The van der Waals surface area contributed by atoms with E-state index in [0.29, 0.717) is 11.5 Å². The van der Waals surface area contributed by atoms with Gasteiger partial charge in [-0.25, -0.2) is 0 Å². The molecule has 96 valence electrons. The van der Waals surface area contributed by atoms with E-state index in [1.807, 2.05) is 6.08 Å². The Labute approximate surface area is 103 Å². The van der Waals surface area contributed by atoms with Crippen LogP contribution in [0.3, 0.4) is 0 Å². The second-order valence-electron chi connectivity index (χ2n) is 5.84. The topological polar surface area (TPSA) is 12.0 Å². The fourth-order valence-electron chi connectivity index (χ4n) is 2.18. The molecule has 0 aromatic rings. The molecule has 0 saturated carbocycles. The minimum Gasteiger partial charge on any atom is -0.316 e. The van der Waals surface area contributed by atoms with Gasteiger partial charge in [-0.3, -0.25) is 0 Å². The van der Waals surface area contributed by atoms with Gasteiger partial charge in [0, 0.05) is 6.04 Å². The maximum atomic E-state index is 3.75. The molecule has 0 saturated heterocycles. The molecule has 0 bridgehead atoms. The van der Waals surface area contributed by atoms with E-state index >= 15 is 0 Å². The van der Waals surface area contributed by atoms with Crippen molar-refractivity contribution in [2.75, 3.05) is 7.05 Å². The second kappa shape index (κ2) is 8.81. The van der Waals surface area contributed by atoms with Crippen LogP contribution in [-0.2, 0) is 0 Å². The van der Waals surface area contributed by atoms with E-state index < -0.39 is 0 Å². The summed E-state index contributed by atoms with van der Waals surface area (Å²) in [5.74, 6) is 0. The molecule has 0 aliphatic rings. The molecular formula is C15H31N. The zero-order valence-electron chi connectivity index (χ0n) is 11.8. The number of rotatable bonds is 9. The largest absolute Gasteiger partial charge is 0.316 e. The van der Waals surface area contributed by atoms with Crippen molar-refractivity contribution in [3.63, 3.8) is 0 Å². The van der Waals surface area contributed by atoms with Gasteiger partial charge in [-0.1, -0.05) is 52.5 Å². The first-order valence-corrected chi connectivity index (χ1v) is 6.80. The number of unbranched alkanes of at least 4 members (excludes halogenated alkanes) is 5. The van der Waals surface area contributed by atoms with Crippen LogP contribution in [0.5, 0.6) is 0 Å². The van der Waals surface area contributed by atoms with E-state index in [1.165, 1.54) is 44.9 Å². The summed E-state index contributed by atoms with van der Waals surface area (Å²) in [6.45, 7) is 10.7. The lowest BCUT2D eigenvalue weighted by atomic mass is 9.83. The van der Waals surface area contributed by atoms with Crippen molar-refractivity contribution >= 4 is 0 Å². The summed E-state index contributed by atoms with van der Waals surface area (Å²) in [7, 11) is 2.08. The standard InChI is InChI=1S/C15H31N/c1-6-7-8-9-10-11-12-13-14(16-5)15(2,3)4/h6,14,16H,1,7-13H2,2-5H3. The van der Waals surface area contributed by atoms with Gasteiger partial charge in [0.1, 0.15) is 0 Å². The zero-order chi connectivity index (χ0) is 12.4. The summed E-state index contributed by atoms with van der Waals surface area (Å²) in [5, 5.41) is 3.44. The van der Waals surface area contributed by atoms with E-state index in [-0.39, 0.29) is 0 Å². The van der Waals surface area contributed by atoms with E-state index in [1.54, 1.807) is 0 Å². The Morgan fingerprint density at radius 3 is 2.12 bits per heavy atom. The number of hydrogen-bond acceptors (Lipinski definition) is 1. The van der Waals surface area contributed by atoms with E-state index in [9.17, 15) is 0 Å². The average Bonchev–Trinajstić information content (AvgIpc) is 2.20. The number of nitrogens with one attached hydrogen (secondary N) is 1. The Morgan fingerprint density at radius 2 is 1.62 bits per heavy atom. The highest BCUT2D eigenvalue weighted by Crippen LogP contribution is 2.23. The first-order valence-electron chi connectivity index (χ1n) is 6.80. The lowest BCUT2D eigenvalue weighted by Gasteiger charge is -2.30. The molecule has 0 rings (SSSR count). The van der Waals surface area contributed by atoms with Gasteiger partial charge in [-0.15, -0.1) is 6.58 Å². The van der Waals surface area contributed by atoms with Gasteiger partial charge in [0.25, 0.3) is 0 Å². The van der Waals surface area contributed by atoms with Crippen LogP contribution in [-0.4, -0.2) is 13.1 Å². The van der Waals surface area contributed by atoms with Gasteiger partial charge in [-0.2, -0.15) is 0 Å². The summed E-state index contributed by atoms with van der Waals surface area (Å²) < 4.78 is 0. The Kier molecular flexibility index (Phi) is 8.64. The second-order valence-corrected chi connectivity index (χ2v) is 5.84. The quantitative estimate of drug-likeness (QED) is 0.449. The van der Waals surface area contributed by atoms with Gasteiger partial charge in [0.05, 0.1) is 0 Å². The van der Waals surface area contributed by atoms with Gasteiger partial charge in [0.15, 0.2) is 0 Å². The van der Waals surface area contributed by atoms with Crippen LogP contribution in [0.2, 0.25) is 0 Å². The lowest BCUT2D eigenvalue weighted by molar-refractivity contribution is 0.261. The summed E-state index contributed by atoms with van der Waals surface area (Å²) in [4.78, 5) is 0. The van der Waals surface area contributed by atoms with Crippen LogP contribution in [0.1, 0.15) is 65.7 Å². The summed E-state index contributed by atoms with van der Waals surface area (Å²) in [5.41, 5.74) is 0.386. The first kappa shape index (κ1) is 15.7. The van der Waals surface area contributed by atoms with Crippen LogP contribution in [0.15, 0.2) is 12.7 Å². The molecule has 1 nitrogen and oxygen atoms in total. The van der Waals surface area contributed by atoms with Gasteiger partial charge >= 0.3 is 0 Å². The molecule has 1 atom stereocenters. The molecule has 0 amide bonds. The van der Waals surface area contributed by atoms with Crippen molar-refractivity contribution in [2.24, 2.45) is 5.41 Å². The predicted octanol–water partition coefficient (Wildman–Crippen LogP) is 4.54. The van der Waals surface area contributed by atoms with Crippen LogP contribution >= 0.6 is 0 Å². The Hall–Kier alpha value is -0.300. The third-order valence-corrected chi connectivity index (χ3v) is 3.29. The maximum absolute atomic E-state index is 3.75. The SMILES string of the molecule is C=CCCCCCCCC(NC)C(C)(C)C. The molecule has 0 heterocycles. The third kappa shape index (κ3) is 7.92. The van der Waals surface area contributed by atoms with Crippen LogP contribution < -0.4 is 5.32 Å². The van der Waals surface area contributed by atoms with Crippen molar-refractivity contribution in [3.05, 3.63) is 12.7 Å². The van der Waals surface area contributed by atoms with Crippen molar-refractivity contribution < 1.29 is 0 Å². The molecule has 0 spiro atoms. The highest BCUT2D eigenvalue weighted by Gasteiger charge is 2.21. The molecule has 0 radical (unpaired) electrons. The highest BCUT2D eigenvalue weighted by atomic mass is 14.9. The highest BCUT2D eigenvalue weighted by molar-refractivity contribution is 4.78. The summed E-state index contributed by atoms with van der Waals surface area (Å²) in [6.07, 6.45) is 11.3. The smallest absolute Gasteiger partial charge is 0.0113 e. The first-order chi connectivity index (χ1) is 7.52. The molecule has 1 heteroatoms. The van der Waals surface area contributed by atoms with Crippen LogP contribution in [0.25, 0.3) is 0 Å². The minimum absolute atomic E-state index is 0.386. The fourth-order valence-corrected chi connectivity index (χ4v) is 2.18. The van der Waals surface area contributed by atoms with Crippen molar-refractivity contribution in [2.45, 2.75) is 71.8 Å². The summed E-state index contributed by atoms with van der Waals surface area (Å²) in [6, 6.07) is 0.653. The molecule has 16 heavy (non-hydrogen) atoms. The lowest BCUT2D eigenvalue weighted by Crippen LogP contribution is -2.37. The summed E-state index contributed by atoms with van der Waals surface area (Å²) >= 11 is 0. The monoisotopic (exact) mass is 225 g/mol. The van der Waals surface area contributed by atoms with Gasteiger partial charge in [-0.05, 0) is 31.7 Å². The van der Waals surface area contributed by atoms with Crippen molar-refractivity contribution in [1.82, 2.24) is 5.32 Å². The minimum atomic E-state index is 0.386. The van der Waals surface area contributed by atoms with E-state index in [4.69, 9.17) is 0 Å². The Balaban J connectivity index is 3.45. The number of allylic oxidation sites excluding steroid dienone is 1. The Morgan fingerprint density at radius 1 is 1.06 bits per heavy atom. The molecule has 1 N–H and O–H groups in total. The Bertz CT molecular complexity index is 167. The zero-order valence-corrected chi connectivity index (χ0v) is 11.8. The van der Waals surface area contributed by atoms with E-state index in [0.717, 1.165) is 0 Å². The fraction of sp³-hybridized carbons (Fsp3) is 0.867. The third-order valence-electron chi connectivity index (χ3n) is 3.29.